The van der Waals surface area contributed by atoms with Crippen LogP contribution in [0.25, 0.3) is 0 Å². The summed E-state index contributed by atoms with van der Waals surface area (Å²) < 4.78 is 5.13. The Kier molecular flexibility index (Phi) is 2.49. The molecule has 1 fully saturated rings. The number of ketones is 1. The monoisotopic (exact) mass is 216 g/mol. The highest BCUT2D eigenvalue weighted by Gasteiger charge is 2.30. The Hall–Kier alpha value is -0.570. The molecule has 1 saturated heterocycles. The lowest BCUT2D eigenvalue weighted by Gasteiger charge is -2.07. The van der Waals surface area contributed by atoms with E-state index in [0.29, 0.717) is 0 Å². The van der Waals surface area contributed by atoms with E-state index in [9.17, 15) is 4.79 Å². The van der Waals surface area contributed by atoms with Gasteiger partial charge in [-0.3, -0.25) is 4.79 Å². The molecule has 2 rings (SSSR count). The normalized spacial score (nSPS) is 26.7. The molecule has 2 nitrogen and oxygen atoms in total. The van der Waals surface area contributed by atoms with Gasteiger partial charge < -0.3 is 4.74 Å². The molecular formula is C8H9BrO2. The van der Waals surface area contributed by atoms with E-state index in [2.05, 4.69) is 0 Å². The molecular weight excluding hydrogens is 208 g/mol. The maximum absolute atomic E-state index is 11.0. The molecule has 2 aliphatic rings. The highest BCUT2D eigenvalue weighted by molar-refractivity contribution is 8.93. The van der Waals surface area contributed by atoms with Crippen molar-refractivity contribution in [2.24, 2.45) is 5.92 Å². The second kappa shape index (κ2) is 3.22. The molecule has 0 radical (unpaired) electrons. The zero-order valence-electron chi connectivity index (χ0n) is 5.95. The number of fused-ring (bicyclic) bond motifs is 1. The first-order chi connectivity index (χ1) is 4.88. The number of halogens is 1. The van der Waals surface area contributed by atoms with Crippen LogP contribution in [0.2, 0.25) is 0 Å². The molecule has 0 N–H and O–H groups in total. The average Bonchev–Trinajstić information content (AvgIpc) is 2.34. The Balaban J connectivity index is 0.000000605. The number of carbonyl (C=O) groups excluding carboxylic acids is 1. The Morgan fingerprint density at radius 3 is 3.09 bits per heavy atom. The first-order valence-electron chi connectivity index (χ1n) is 3.40. The van der Waals surface area contributed by atoms with E-state index in [1.54, 1.807) is 0 Å². The Morgan fingerprint density at radius 1 is 1.55 bits per heavy atom. The van der Waals surface area contributed by atoms with Gasteiger partial charge in [0.2, 0.25) is 0 Å². The van der Waals surface area contributed by atoms with E-state index < -0.39 is 0 Å². The summed E-state index contributed by atoms with van der Waals surface area (Å²) in [6.07, 6.45) is 6.63. The van der Waals surface area contributed by atoms with E-state index in [-0.39, 0.29) is 35.3 Å². The first kappa shape index (κ1) is 8.53. The molecule has 0 aromatic rings. The molecule has 0 spiro atoms. The van der Waals surface area contributed by atoms with Crippen LogP contribution in [0, 0.1) is 5.92 Å². The van der Waals surface area contributed by atoms with E-state index >= 15 is 0 Å². The van der Waals surface area contributed by atoms with Gasteiger partial charge in [-0.15, -0.1) is 17.0 Å². The van der Waals surface area contributed by atoms with Gasteiger partial charge in [-0.25, -0.2) is 0 Å². The van der Waals surface area contributed by atoms with Crippen molar-refractivity contribution in [2.75, 3.05) is 6.61 Å². The second-order valence-corrected chi connectivity index (χ2v) is 2.54. The van der Waals surface area contributed by atoms with Gasteiger partial charge >= 0.3 is 0 Å². The third-order valence-corrected chi connectivity index (χ3v) is 1.88. The number of hydrogen-bond donors (Lipinski definition) is 0. The van der Waals surface area contributed by atoms with Gasteiger partial charge in [0.25, 0.3) is 0 Å². The van der Waals surface area contributed by atoms with Crippen molar-refractivity contribution in [3.8, 4) is 0 Å². The third-order valence-electron chi connectivity index (χ3n) is 1.88. The fourth-order valence-electron chi connectivity index (χ4n) is 1.30. The first-order valence-corrected chi connectivity index (χ1v) is 3.40. The van der Waals surface area contributed by atoms with Crippen LogP contribution in [-0.2, 0) is 9.53 Å². The number of ether oxygens (including phenoxy) is 1. The molecule has 1 aliphatic carbocycles. The molecule has 3 heteroatoms. The molecule has 0 amide bonds. The van der Waals surface area contributed by atoms with Crippen LogP contribution in [0.15, 0.2) is 24.0 Å². The molecule has 0 bridgehead atoms. The Morgan fingerprint density at radius 2 is 2.36 bits per heavy atom. The summed E-state index contributed by atoms with van der Waals surface area (Å²) in [5, 5.41) is 0. The number of Topliss-reactive ketones (excluding diaryl/α,β-unsaturated/α-hetero) is 1. The van der Waals surface area contributed by atoms with Gasteiger partial charge in [-0.05, 0) is 12.5 Å². The summed E-state index contributed by atoms with van der Waals surface area (Å²) >= 11 is 0. The van der Waals surface area contributed by atoms with E-state index in [1.165, 1.54) is 0 Å². The van der Waals surface area contributed by atoms with Crippen molar-refractivity contribution >= 4 is 22.8 Å². The summed E-state index contributed by atoms with van der Waals surface area (Å²) in [7, 11) is 0. The van der Waals surface area contributed by atoms with Gasteiger partial charge in [0.1, 0.15) is 12.4 Å². The maximum Gasteiger partial charge on any atom is 0.181 e. The largest absolute Gasteiger partial charge is 0.489 e. The minimum atomic E-state index is 0. The van der Waals surface area contributed by atoms with Crippen LogP contribution in [0.1, 0.15) is 6.42 Å². The van der Waals surface area contributed by atoms with Gasteiger partial charge in [-0.1, -0.05) is 12.2 Å². The van der Waals surface area contributed by atoms with Crippen molar-refractivity contribution in [3.05, 3.63) is 24.0 Å². The van der Waals surface area contributed by atoms with Crippen LogP contribution in [0.5, 0.6) is 0 Å². The molecule has 1 aliphatic heterocycles. The van der Waals surface area contributed by atoms with Gasteiger partial charge in [0.15, 0.2) is 5.78 Å². The Labute approximate surface area is 75.7 Å². The van der Waals surface area contributed by atoms with Crippen LogP contribution < -0.4 is 0 Å². The fourth-order valence-corrected chi connectivity index (χ4v) is 1.30. The minimum absolute atomic E-state index is 0. The quantitative estimate of drug-likeness (QED) is 0.616. The van der Waals surface area contributed by atoms with Crippen LogP contribution in [-0.4, -0.2) is 12.4 Å². The van der Waals surface area contributed by atoms with Crippen LogP contribution in [0.4, 0.5) is 0 Å². The highest BCUT2D eigenvalue weighted by Crippen LogP contribution is 2.27. The lowest BCUT2D eigenvalue weighted by molar-refractivity contribution is -0.120. The van der Waals surface area contributed by atoms with Crippen molar-refractivity contribution in [2.45, 2.75) is 6.42 Å². The molecule has 1 heterocycles. The molecule has 1 atom stereocenters. The molecule has 0 saturated carbocycles. The van der Waals surface area contributed by atoms with Gasteiger partial charge in [-0.2, -0.15) is 0 Å². The maximum atomic E-state index is 11.0. The van der Waals surface area contributed by atoms with E-state index in [4.69, 9.17) is 4.74 Å². The molecule has 0 aromatic heterocycles. The number of allylic oxidation sites excluding steroid dienone is 4. The predicted molar refractivity (Wildman–Crippen MR) is 46.6 cm³/mol. The zero-order chi connectivity index (χ0) is 6.97. The summed E-state index contributed by atoms with van der Waals surface area (Å²) in [4.78, 5) is 11.0. The topological polar surface area (TPSA) is 26.3 Å². The zero-order valence-corrected chi connectivity index (χ0v) is 7.66. The lowest BCUT2D eigenvalue weighted by Crippen LogP contribution is -2.09. The standard InChI is InChI=1S/C8H8O2.BrH/c9-7-5-10-8-4-2-1-3-6(7)8;/h1-2,4,6H,3,5H2;1H. The third kappa shape index (κ3) is 1.38. The van der Waals surface area contributed by atoms with Crippen molar-refractivity contribution in [1.82, 2.24) is 0 Å². The van der Waals surface area contributed by atoms with Gasteiger partial charge in [0.05, 0.1) is 5.92 Å². The SMILES string of the molecule is Br.O=C1COC2=CC=CCC12. The lowest BCUT2D eigenvalue weighted by atomic mass is 9.97. The summed E-state index contributed by atoms with van der Waals surface area (Å²) in [5.74, 6) is 1.12. The van der Waals surface area contributed by atoms with Crippen molar-refractivity contribution in [3.63, 3.8) is 0 Å². The average molecular weight is 217 g/mol. The summed E-state index contributed by atoms with van der Waals surface area (Å²) in [5.41, 5.74) is 0. The highest BCUT2D eigenvalue weighted by atomic mass is 79.9. The fraction of sp³-hybridized carbons (Fsp3) is 0.375. The van der Waals surface area contributed by atoms with Crippen LogP contribution >= 0.6 is 17.0 Å². The van der Waals surface area contributed by atoms with Gasteiger partial charge in [0, 0.05) is 0 Å². The number of hydrogen-bond acceptors (Lipinski definition) is 2. The van der Waals surface area contributed by atoms with Crippen LogP contribution in [0.3, 0.4) is 0 Å². The molecule has 60 valence electrons. The van der Waals surface area contributed by atoms with E-state index in [0.717, 1.165) is 12.2 Å². The molecule has 11 heavy (non-hydrogen) atoms. The second-order valence-electron chi connectivity index (χ2n) is 2.54. The number of rotatable bonds is 0. The van der Waals surface area contributed by atoms with E-state index in [1.807, 2.05) is 18.2 Å². The minimum Gasteiger partial charge on any atom is -0.489 e. The Bertz CT molecular complexity index is 230. The summed E-state index contributed by atoms with van der Waals surface area (Å²) in [6, 6.07) is 0. The molecule has 1 unspecified atom stereocenters. The summed E-state index contributed by atoms with van der Waals surface area (Å²) in [6.45, 7) is 0.276. The molecule has 0 aromatic carbocycles. The van der Waals surface area contributed by atoms with Crippen molar-refractivity contribution < 1.29 is 9.53 Å². The smallest absolute Gasteiger partial charge is 0.181 e. The van der Waals surface area contributed by atoms with Crippen molar-refractivity contribution in [1.29, 1.82) is 0 Å². The number of carbonyl (C=O) groups is 1. The predicted octanol–water partition coefficient (Wildman–Crippen LogP) is 1.62.